The highest BCUT2D eigenvalue weighted by molar-refractivity contribution is 5.39. The Hall–Kier alpha value is -1.68. The molecular formula is C11H13N3O. The number of aliphatic hydroxyl groups excluding tert-OH is 1. The zero-order valence-corrected chi connectivity index (χ0v) is 8.59. The van der Waals surface area contributed by atoms with Gasteiger partial charge in [-0.05, 0) is 18.6 Å². The van der Waals surface area contributed by atoms with E-state index in [1.165, 1.54) is 0 Å². The number of aliphatic hydroxyl groups is 1. The Morgan fingerprint density at radius 1 is 1.33 bits per heavy atom. The Morgan fingerprint density at radius 3 is 2.87 bits per heavy atom. The molecule has 4 nitrogen and oxygen atoms in total. The van der Waals surface area contributed by atoms with E-state index in [1.807, 2.05) is 31.2 Å². The normalized spacial score (nSPS) is 10.5. The van der Waals surface area contributed by atoms with Crippen molar-refractivity contribution in [2.24, 2.45) is 0 Å². The van der Waals surface area contributed by atoms with Crippen LogP contribution in [-0.4, -0.2) is 26.7 Å². The first-order valence-corrected chi connectivity index (χ1v) is 4.89. The molecule has 0 atom stereocenters. The van der Waals surface area contributed by atoms with Crippen molar-refractivity contribution < 1.29 is 5.11 Å². The maximum absolute atomic E-state index is 8.91. The molecule has 2 aromatic rings. The van der Waals surface area contributed by atoms with Gasteiger partial charge in [0, 0.05) is 13.0 Å². The zero-order chi connectivity index (χ0) is 10.7. The summed E-state index contributed by atoms with van der Waals surface area (Å²) in [5, 5.41) is 16.8. The number of nitrogens with zero attached hydrogens (tertiary/aromatic N) is 3. The minimum atomic E-state index is 0.110. The molecule has 0 radical (unpaired) electrons. The molecule has 2 rings (SSSR count). The van der Waals surface area contributed by atoms with Crippen molar-refractivity contribution >= 4 is 0 Å². The summed E-state index contributed by atoms with van der Waals surface area (Å²) >= 11 is 0. The van der Waals surface area contributed by atoms with Gasteiger partial charge in [0.25, 0.3) is 0 Å². The van der Waals surface area contributed by atoms with E-state index in [0.717, 1.165) is 16.9 Å². The second-order valence-electron chi connectivity index (χ2n) is 3.40. The van der Waals surface area contributed by atoms with Gasteiger partial charge in [0.05, 0.1) is 17.6 Å². The zero-order valence-electron chi connectivity index (χ0n) is 8.59. The Bertz CT molecular complexity index is 451. The first-order chi connectivity index (χ1) is 7.33. The monoisotopic (exact) mass is 203 g/mol. The van der Waals surface area contributed by atoms with Crippen LogP contribution in [0.3, 0.4) is 0 Å². The first kappa shape index (κ1) is 9.86. The highest BCUT2D eigenvalue weighted by Crippen LogP contribution is 2.14. The van der Waals surface area contributed by atoms with Crippen LogP contribution in [0, 0.1) is 6.92 Å². The van der Waals surface area contributed by atoms with Gasteiger partial charge in [-0.15, -0.1) is 5.10 Å². The van der Waals surface area contributed by atoms with E-state index in [0.29, 0.717) is 6.42 Å². The van der Waals surface area contributed by atoms with Crippen molar-refractivity contribution in [1.29, 1.82) is 0 Å². The maximum atomic E-state index is 8.91. The number of rotatable bonds is 3. The predicted octanol–water partition coefficient (Wildman–Crippen LogP) is 1.11. The molecule has 0 fully saturated rings. The second-order valence-corrected chi connectivity index (χ2v) is 3.40. The molecule has 0 unspecified atom stereocenters. The molecular weight excluding hydrogens is 190 g/mol. The summed E-state index contributed by atoms with van der Waals surface area (Å²) in [5.74, 6) is 0. The van der Waals surface area contributed by atoms with Crippen LogP contribution < -0.4 is 0 Å². The Kier molecular flexibility index (Phi) is 2.78. The molecule has 0 bridgehead atoms. The third-order valence-electron chi connectivity index (χ3n) is 2.33. The largest absolute Gasteiger partial charge is 0.396 e. The molecule has 0 spiro atoms. The van der Waals surface area contributed by atoms with Gasteiger partial charge in [-0.1, -0.05) is 23.4 Å². The van der Waals surface area contributed by atoms with Gasteiger partial charge in [-0.3, -0.25) is 0 Å². The van der Waals surface area contributed by atoms with Crippen molar-refractivity contribution in [3.63, 3.8) is 0 Å². The third-order valence-corrected chi connectivity index (χ3v) is 2.33. The Morgan fingerprint density at radius 2 is 2.13 bits per heavy atom. The third kappa shape index (κ3) is 1.89. The lowest BCUT2D eigenvalue weighted by atomic mass is 10.2. The lowest BCUT2D eigenvalue weighted by Crippen LogP contribution is -2.05. The van der Waals surface area contributed by atoms with E-state index in [2.05, 4.69) is 10.3 Å². The number of hydrogen-bond acceptors (Lipinski definition) is 3. The van der Waals surface area contributed by atoms with Crippen LogP contribution in [0.15, 0.2) is 30.5 Å². The summed E-state index contributed by atoms with van der Waals surface area (Å²) < 4.78 is 1.77. The van der Waals surface area contributed by atoms with Crippen molar-refractivity contribution in [3.8, 4) is 5.69 Å². The average molecular weight is 203 g/mol. The van der Waals surface area contributed by atoms with Gasteiger partial charge < -0.3 is 5.11 Å². The molecule has 1 heterocycles. The van der Waals surface area contributed by atoms with Crippen molar-refractivity contribution in [1.82, 2.24) is 15.0 Å². The number of aryl methyl sites for hydroxylation is 1. The number of aromatic nitrogens is 3. The predicted molar refractivity (Wildman–Crippen MR) is 56.9 cm³/mol. The van der Waals surface area contributed by atoms with Crippen LogP contribution in [0.2, 0.25) is 0 Å². The van der Waals surface area contributed by atoms with E-state index in [9.17, 15) is 0 Å². The fraction of sp³-hybridized carbons (Fsp3) is 0.273. The Labute approximate surface area is 88.2 Å². The van der Waals surface area contributed by atoms with Crippen LogP contribution in [0.1, 0.15) is 11.3 Å². The van der Waals surface area contributed by atoms with E-state index in [1.54, 1.807) is 10.9 Å². The highest BCUT2D eigenvalue weighted by Gasteiger charge is 2.06. The van der Waals surface area contributed by atoms with Gasteiger partial charge in [0.15, 0.2) is 0 Å². The van der Waals surface area contributed by atoms with Crippen molar-refractivity contribution in [2.45, 2.75) is 13.3 Å². The van der Waals surface area contributed by atoms with E-state index < -0.39 is 0 Å². The minimum Gasteiger partial charge on any atom is -0.396 e. The number of para-hydroxylation sites is 1. The molecule has 0 saturated carbocycles. The second kappa shape index (κ2) is 4.23. The van der Waals surface area contributed by atoms with Gasteiger partial charge >= 0.3 is 0 Å². The van der Waals surface area contributed by atoms with Gasteiger partial charge in [-0.2, -0.15) is 0 Å². The summed E-state index contributed by atoms with van der Waals surface area (Å²) in [4.78, 5) is 0. The molecule has 0 aliphatic rings. The summed E-state index contributed by atoms with van der Waals surface area (Å²) in [6, 6.07) is 7.97. The minimum absolute atomic E-state index is 0.110. The van der Waals surface area contributed by atoms with Gasteiger partial charge in [0.2, 0.25) is 0 Å². The molecule has 0 aliphatic carbocycles. The molecule has 1 N–H and O–H groups in total. The van der Waals surface area contributed by atoms with E-state index in [4.69, 9.17) is 5.11 Å². The number of hydrogen-bond donors (Lipinski definition) is 1. The molecule has 0 aliphatic heterocycles. The summed E-state index contributed by atoms with van der Waals surface area (Å²) in [7, 11) is 0. The van der Waals surface area contributed by atoms with Crippen molar-refractivity contribution in [2.75, 3.05) is 6.61 Å². The van der Waals surface area contributed by atoms with Crippen LogP contribution in [0.5, 0.6) is 0 Å². The molecule has 1 aromatic heterocycles. The van der Waals surface area contributed by atoms with Crippen LogP contribution >= 0.6 is 0 Å². The first-order valence-electron chi connectivity index (χ1n) is 4.89. The van der Waals surface area contributed by atoms with Gasteiger partial charge in [0.1, 0.15) is 0 Å². The van der Waals surface area contributed by atoms with Crippen molar-refractivity contribution in [3.05, 3.63) is 41.7 Å². The fourth-order valence-electron chi connectivity index (χ4n) is 1.55. The molecule has 15 heavy (non-hydrogen) atoms. The highest BCUT2D eigenvalue weighted by atomic mass is 16.3. The summed E-state index contributed by atoms with van der Waals surface area (Å²) in [6.07, 6.45) is 2.25. The van der Waals surface area contributed by atoms with E-state index >= 15 is 0 Å². The Balaban J connectivity index is 2.45. The SMILES string of the molecule is Cc1ccccc1-n1nncc1CCO. The molecule has 78 valence electrons. The molecule has 0 saturated heterocycles. The topological polar surface area (TPSA) is 50.9 Å². The number of benzene rings is 1. The molecule has 0 amide bonds. The lowest BCUT2D eigenvalue weighted by Gasteiger charge is -2.07. The maximum Gasteiger partial charge on any atom is 0.0730 e. The van der Waals surface area contributed by atoms with Crippen LogP contribution in [0.4, 0.5) is 0 Å². The average Bonchev–Trinajstić information content (AvgIpc) is 2.67. The van der Waals surface area contributed by atoms with Crippen LogP contribution in [0.25, 0.3) is 5.69 Å². The lowest BCUT2D eigenvalue weighted by molar-refractivity contribution is 0.297. The summed E-state index contributed by atoms with van der Waals surface area (Å²) in [6.45, 7) is 2.14. The standard InChI is InChI=1S/C11H13N3O/c1-9-4-2-3-5-11(9)14-10(6-7-15)8-12-13-14/h2-5,8,15H,6-7H2,1H3. The smallest absolute Gasteiger partial charge is 0.0730 e. The fourth-order valence-corrected chi connectivity index (χ4v) is 1.55. The van der Waals surface area contributed by atoms with E-state index in [-0.39, 0.29) is 6.61 Å². The van der Waals surface area contributed by atoms with Gasteiger partial charge in [-0.25, -0.2) is 4.68 Å². The molecule has 4 heteroatoms. The van der Waals surface area contributed by atoms with Crippen LogP contribution in [-0.2, 0) is 6.42 Å². The quantitative estimate of drug-likeness (QED) is 0.813. The molecule has 1 aromatic carbocycles. The summed E-state index contributed by atoms with van der Waals surface area (Å²) in [5.41, 5.74) is 3.08.